The summed E-state index contributed by atoms with van der Waals surface area (Å²) >= 11 is 0. The fourth-order valence-corrected chi connectivity index (χ4v) is 1.45. The van der Waals surface area contributed by atoms with Gasteiger partial charge >= 0.3 is 0 Å². The first kappa shape index (κ1) is 10.3. The zero-order chi connectivity index (χ0) is 9.52. The summed E-state index contributed by atoms with van der Waals surface area (Å²) in [4.78, 5) is 2.45. The third-order valence-electron chi connectivity index (χ3n) is 2.18. The van der Waals surface area contributed by atoms with Gasteiger partial charge in [0, 0.05) is 6.54 Å². The molecule has 0 unspecified atom stereocenters. The van der Waals surface area contributed by atoms with E-state index in [4.69, 9.17) is 0 Å². The maximum atomic E-state index is 3.04. The van der Waals surface area contributed by atoms with Crippen LogP contribution in [0.3, 0.4) is 0 Å². The van der Waals surface area contributed by atoms with Gasteiger partial charge in [-0.2, -0.15) is 0 Å². The summed E-state index contributed by atoms with van der Waals surface area (Å²) in [5, 5.41) is 0. The Balaban J connectivity index is 2.46. The highest BCUT2D eigenvalue weighted by Crippen LogP contribution is 2.03. The Morgan fingerprint density at radius 3 is 2.46 bits per heavy atom. The minimum absolute atomic E-state index is 1.07. The van der Waals surface area contributed by atoms with E-state index in [0.29, 0.717) is 0 Å². The lowest BCUT2D eigenvalue weighted by Gasteiger charge is -2.19. The van der Waals surface area contributed by atoms with Gasteiger partial charge in [-0.15, -0.1) is 0 Å². The maximum Gasteiger partial charge on any atom is 0.0233 e. The number of rotatable bonds is 5. The second-order valence-electron chi connectivity index (χ2n) is 3.28. The van der Waals surface area contributed by atoms with Crippen LogP contribution < -0.4 is 0 Å². The Bertz CT molecular complexity index is 218. The first-order valence-corrected chi connectivity index (χ1v) is 5.04. The number of hydrogen-bond acceptors (Lipinski definition) is 1. The molecule has 0 saturated carbocycles. The minimum Gasteiger partial charge on any atom is -0.299 e. The molecular formula is C12H18N. The highest BCUT2D eigenvalue weighted by Gasteiger charge is 2.00. The average Bonchev–Trinajstić information content (AvgIpc) is 2.19. The topological polar surface area (TPSA) is 3.24 Å². The van der Waals surface area contributed by atoms with Gasteiger partial charge < -0.3 is 0 Å². The molecule has 0 heterocycles. The third kappa shape index (κ3) is 3.60. The van der Waals surface area contributed by atoms with E-state index < -0.39 is 0 Å². The van der Waals surface area contributed by atoms with Crippen LogP contribution in [-0.4, -0.2) is 18.0 Å². The van der Waals surface area contributed by atoms with Crippen molar-refractivity contribution in [1.29, 1.82) is 0 Å². The summed E-state index contributed by atoms with van der Waals surface area (Å²) in [5.41, 5.74) is 1.38. The van der Waals surface area contributed by atoms with Gasteiger partial charge in [0.15, 0.2) is 0 Å². The van der Waals surface area contributed by atoms with Gasteiger partial charge in [0.05, 0.1) is 0 Å². The predicted octanol–water partition coefficient (Wildman–Crippen LogP) is 2.72. The first-order chi connectivity index (χ1) is 6.36. The Morgan fingerprint density at radius 2 is 1.92 bits per heavy atom. The van der Waals surface area contributed by atoms with E-state index in [1.54, 1.807) is 0 Å². The van der Waals surface area contributed by atoms with E-state index in [9.17, 15) is 0 Å². The molecule has 0 aliphatic carbocycles. The number of benzene rings is 1. The van der Waals surface area contributed by atoms with Gasteiger partial charge in [-0.05, 0) is 31.1 Å². The molecule has 0 saturated heterocycles. The van der Waals surface area contributed by atoms with Gasteiger partial charge in [-0.1, -0.05) is 38.1 Å². The molecule has 71 valence electrons. The van der Waals surface area contributed by atoms with Crippen molar-refractivity contribution < 1.29 is 0 Å². The molecular weight excluding hydrogens is 158 g/mol. The van der Waals surface area contributed by atoms with Gasteiger partial charge in [0.1, 0.15) is 0 Å². The Hall–Kier alpha value is -0.820. The SMILES string of the molecule is CCCN(CC)Cc1cc[c]cc1. The van der Waals surface area contributed by atoms with Gasteiger partial charge in [-0.3, -0.25) is 4.90 Å². The minimum atomic E-state index is 1.07. The fraction of sp³-hybridized carbons (Fsp3) is 0.500. The van der Waals surface area contributed by atoms with Crippen LogP contribution in [0, 0.1) is 6.07 Å². The molecule has 1 heteroatoms. The van der Waals surface area contributed by atoms with Crippen molar-refractivity contribution in [2.45, 2.75) is 26.8 Å². The van der Waals surface area contributed by atoms with Crippen LogP contribution in [0.1, 0.15) is 25.8 Å². The standard InChI is InChI=1S/C12H18N/c1-3-10-13(4-2)11-12-8-6-5-7-9-12/h6-9H,3-4,10-11H2,1-2H3. The summed E-state index contributed by atoms with van der Waals surface area (Å²) < 4.78 is 0. The van der Waals surface area contributed by atoms with Crippen LogP contribution in [0.5, 0.6) is 0 Å². The van der Waals surface area contributed by atoms with Crippen LogP contribution in [-0.2, 0) is 6.54 Å². The van der Waals surface area contributed by atoms with Crippen molar-refractivity contribution in [2.75, 3.05) is 13.1 Å². The largest absolute Gasteiger partial charge is 0.299 e. The van der Waals surface area contributed by atoms with Gasteiger partial charge in [0.25, 0.3) is 0 Å². The molecule has 0 atom stereocenters. The van der Waals surface area contributed by atoms with Gasteiger partial charge in [-0.25, -0.2) is 0 Å². The molecule has 1 aromatic rings. The van der Waals surface area contributed by atoms with Crippen LogP contribution in [0.15, 0.2) is 24.3 Å². The van der Waals surface area contributed by atoms with Crippen molar-refractivity contribution in [1.82, 2.24) is 4.90 Å². The second-order valence-corrected chi connectivity index (χ2v) is 3.28. The number of hydrogen-bond donors (Lipinski definition) is 0. The lowest BCUT2D eigenvalue weighted by atomic mass is 10.2. The van der Waals surface area contributed by atoms with Crippen LogP contribution in [0.4, 0.5) is 0 Å². The molecule has 13 heavy (non-hydrogen) atoms. The van der Waals surface area contributed by atoms with Crippen molar-refractivity contribution in [3.8, 4) is 0 Å². The van der Waals surface area contributed by atoms with Crippen LogP contribution >= 0.6 is 0 Å². The highest BCUT2D eigenvalue weighted by molar-refractivity contribution is 5.13. The number of nitrogens with zero attached hydrogens (tertiary/aromatic N) is 1. The summed E-state index contributed by atoms with van der Waals surface area (Å²) in [7, 11) is 0. The molecule has 1 rings (SSSR count). The van der Waals surface area contributed by atoms with E-state index in [1.165, 1.54) is 18.5 Å². The summed E-state index contributed by atoms with van der Waals surface area (Å²) in [6, 6.07) is 11.3. The van der Waals surface area contributed by atoms with Crippen LogP contribution in [0.2, 0.25) is 0 Å². The van der Waals surface area contributed by atoms with E-state index in [2.05, 4.69) is 36.9 Å². The van der Waals surface area contributed by atoms with Crippen molar-refractivity contribution >= 4 is 0 Å². The maximum absolute atomic E-state index is 3.04. The predicted molar refractivity (Wildman–Crippen MR) is 56.5 cm³/mol. The monoisotopic (exact) mass is 176 g/mol. The van der Waals surface area contributed by atoms with E-state index in [-0.39, 0.29) is 0 Å². The zero-order valence-corrected chi connectivity index (χ0v) is 8.59. The van der Waals surface area contributed by atoms with Crippen molar-refractivity contribution in [3.05, 3.63) is 35.9 Å². The summed E-state index contributed by atoms with van der Waals surface area (Å²) in [6.45, 7) is 7.83. The van der Waals surface area contributed by atoms with Crippen molar-refractivity contribution in [3.63, 3.8) is 0 Å². The Morgan fingerprint density at radius 1 is 1.23 bits per heavy atom. The highest BCUT2D eigenvalue weighted by atomic mass is 15.1. The molecule has 0 bridgehead atoms. The third-order valence-corrected chi connectivity index (χ3v) is 2.18. The Kier molecular flexibility index (Phi) is 4.55. The average molecular weight is 176 g/mol. The zero-order valence-electron chi connectivity index (χ0n) is 8.59. The second kappa shape index (κ2) is 5.76. The molecule has 0 fully saturated rings. The molecule has 1 aromatic carbocycles. The molecule has 0 aliphatic heterocycles. The first-order valence-electron chi connectivity index (χ1n) is 5.04. The fourth-order valence-electron chi connectivity index (χ4n) is 1.45. The van der Waals surface area contributed by atoms with Crippen molar-refractivity contribution in [2.24, 2.45) is 0 Å². The molecule has 0 amide bonds. The molecule has 1 radical (unpaired) electrons. The lowest BCUT2D eigenvalue weighted by molar-refractivity contribution is 0.280. The van der Waals surface area contributed by atoms with E-state index in [0.717, 1.165) is 13.1 Å². The normalized spacial score (nSPS) is 10.7. The quantitative estimate of drug-likeness (QED) is 0.666. The Labute approximate surface area is 81.4 Å². The van der Waals surface area contributed by atoms with E-state index in [1.807, 2.05) is 12.1 Å². The smallest absolute Gasteiger partial charge is 0.0233 e. The molecule has 0 aromatic heterocycles. The molecule has 0 aliphatic rings. The van der Waals surface area contributed by atoms with E-state index >= 15 is 0 Å². The molecule has 0 N–H and O–H groups in total. The molecule has 0 spiro atoms. The van der Waals surface area contributed by atoms with Crippen LogP contribution in [0.25, 0.3) is 0 Å². The van der Waals surface area contributed by atoms with Gasteiger partial charge in [0.2, 0.25) is 0 Å². The lowest BCUT2D eigenvalue weighted by Crippen LogP contribution is -2.23. The molecule has 1 nitrogen and oxygen atoms in total. The summed E-state index contributed by atoms with van der Waals surface area (Å²) in [6.07, 6.45) is 1.23. The summed E-state index contributed by atoms with van der Waals surface area (Å²) in [5.74, 6) is 0.